The van der Waals surface area contributed by atoms with Crippen LogP contribution in [0.2, 0.25) is 5.02 Å². The molecule has 0 heterocycles. The van der Waals surface area contributed by atoms with E-state index in [-0.39, 0.29) is 16.6 Å². The molecule has 2 rings (SSSR count). The molecule has 2 aromatic carbocycles. The molecular formula is C14H10BrClF2O. The van der Waals surface area contributed by atoms with Crippen LogP contribution in [0, 0.1) is 18.6 Å². The van der Waals surface area contributed by atoms with Gasteiger partial charge in [-0.3, -0.25) is 0 Å². The van der Waals surface area contributed by atoms with E-state index in [1.54, 1.807) is 18.2 Å². The van der Waals surface area contributed by atoms with Crippen molar-refractivity contribution >= 4 is 27.5 Å². The number of ether oxygens (including phenoxy) is 1. The largest absolute Gasteiger partial charge is 0.488 e. The summed E-state index contributed by atoms with van der Waals surface area (Å²) < 4.78 is 32.9. The molecule has 1 nitrogen and oxygen atoms in total. The number of halogens is 4. The molecule has 5 heteroatoms. The van der Waals surface area contributed by atoms with Gasteiger partial charge in [0, 0.05) is 5.02 Å². The molecular weight excluding hydrogens is 338 g/mol. The summed E-state index contributed by atoms with van der Waals surface area (Å²) in [4.78, 5) is 0. The molecule has 0 aliphatic heterocycles. The Kier molecular flexibility index (Phi) is 4.42. The van der Waals surface area contributed by atoms with Crippen molar-refractivity contribution in [3.8, 4) is 5.75 Å². The van der Waals surface area contributed by atoms with Gasteiger partial charge in [-0.25, -0.2) is 8.78 Å². The van der Waals surface area contributed by atoms with E-state index in [4.69, 9.17) is 16.3 Å². The maximum Gasteiger partial charge on any atom is 0.146 e. The second-order valence-corrected chi connectivity index (χ2v) is 5.31. The lowest BCUT2D eigenvalue weighted by atomic mass is 10.2. The molecule has 100 valence electrons. The van der Waals surface area contributed by atoms with Crippen LogP contribution in [0.5, 0.6) is 5.75 Å². The molecule has 0 radical (unpaired) electrons. The van der Waals surface area contributed by atoms with Gasteiger partial charge in [0.25, 0.3) is 0 Å². The van der Waals surface area contributed by atoms with Gasteiger partial charge in [-0.1, -0.05) is 17.7 Å². The summed E-state index contributed by atoms with van der Waals surface area (Å²) in [5, 5.41) is 0.510. The summed E-state index contributed by atoms with van der Waals surface area (Å²) in [6.07, 6.45) is 0. The molecule has 0 atom stereocenters. The first-order chi connectivity index (χ1) is 8.99. The van der Waals surface area contributed by atoms with Gasteiger partial charge in [0.1, 0.15) is 24.0 Å². The van der Waals surface area contributed by atoms with E-state index in [1.165, 1.54) is 12.1 Å². The van der Waals surface area contributed by atoms with E-state index >= 15 is 0 Å². The van der Waals surface area contributed by atoms with Gasteiger partial charge < -0.3 is 4.74 Å². The third-order valence-electron chi connectivity index (χ3n) is 2.66. The average molecular weight is 348 g/mol. The Morgan fingerprint density at radius 3 is 2.68 bits per heavy atom. The van der Waals surface area contributed by atoms with Gasteiger partial charge in [0.2, 0.25) is 0 Å². The highest BCUT2D eigenvalue weighted by atomic mass is 79.9. The smallest absolute Gasteiger partial charge is 0.146 e. The Morgan fingerprint density at radius 1 is 1.21 bits per heavy atom. The van der Waals surface area contributed by atoms with Crippen molar-refractivity contribution in [2.75, 3.05) is 0 Å². The third-order valence-corrected chi connectivity index (χ3v) is 3.51. The molecule has 2 aromatic rings. The molecule has 0 spiro atoms. The quantitative estimate of drug-likeness (QED) is 0.687. The van der Waals surface area contributed by atoms with Crippen LogP contribution >= 0.6 is 27.5 Å². The van der Waals surface area contributed by atoms with Crippen molar-refractivity contribution in [1.82, 2.24) is 0 Å². The lowest BCUT2D eigenvalue weighted by Crippen LogP contribution is -2.03. The normalized spacial score (nSPS) is 10.6. The first-order valence-electron chi connectivity index (χ1n) is 5.50. The monoisotopic (exact) mass is 346 g/mol. The Hall–Kier alpha value is -1.13. The molecule has 0 aliphatic rings. The van der Waals surface area contributed by atoms with Gasteiger partial charge in [-0.2, -0.15) is 0 Å². The maximum atomic E-state index is 13.8. The Labute approximate surface area is 123 Å². The summed E-state index contributed by atoms with van der Waals surface area (Å²) in [5.41, 5.74) is 0.731. The first kappa shape index (κ1) is 14.3. The summed E-state index contributed by atoms with van der Waals surface area (Å²) >= 11 is 8.86. The lowest BCUT2D eigenvalue weighted by molar-refractivity contribution is 0.290. The second-order valence-electron chi connectivity index (χ2n) is 4.02. The predicted octanol–water partition coefficient (Wildman–Crippen LogP) is 5.27. The summed E-state index contributed by atoms with van der Waals surface area (Å²) in [7, 11) is 0. The highest BCUT2D eigenvalue weighted by Gasteiger charge is 2.13. The Balaban J connectivity index is 2.24. The van der Waals surface area contributed by atoms with Crippen molar-refractivity contribution in [3.05, 3.63) is 62.6 Å². The van der Waals surface area contributed by atoms with Gasteiger partial charge in [0.15, 0.2) is 0 Å². The van der Waals surface area contributed by atoms with Crippen LogP contribution < -0.4 is 4.74 Å². The molecule has 0 unspecified atom stereocenters. The molecule has 0 N–H and O–H groups in total. The molecule has 0 aliphatic carbocycles. The average Bonchev–Trinajstić information content (AvgIpc) is 2.38. The molecule has 0 bridgehead atoms. The topological polar surface area (TPSA) is 9.23 Å². The van der Waals surface area contributed by atoms with Crippen LogP contribution in [-0.2, 0) is 6.61 Å². The fraction of sp³-hybridized carbons (Fsp3) is 0.143. The van der Waals surface area contributed by atoms with E-state index in [1.807, 2.05) is 6.92 Å². The number of aryl methyl sites for hydroxylation is 1. The van der Waals surface area contributed by atoms with Gasteiger partial charge in [-0.05, 0) is 52.7 Å². The molecule has 0 aromatic heterocycles. The second kappa shape index (κ2) is 5.88. The van der Waals surface area contributed by atoms with E-state index in [0.717, 1.165) is 5.56 Å². The molecule has 0 amide bonds. The predicted molar refractivity (Wildman–Crippen MR) is 74.6 cm³/mol. The van der Waals surface area contributed by atoms with Crippen LogP contribution in [-0.4, -0.2) is 0 Å². The van der Waals surface area contributed by atoms with Gasteiger partial charge in [-0.15, -0.1) is 0 Å². The van der Waals surface area contributed by atoms with E-state index in [9.17, 15) is 8.78 Å². The van der Waals surface area contributed by atoms with Crippen LogP contribution in [0.3, 0.4) is 0 Å². The summed E-state index contributed by atoms with van der Waals surface area (Å²) in [6, 6.07) is 7.63. The van der Waals surface area contributed by atoms with E-state index in [0.29, 0.717) is 10.8 Å². The number of hydrogen-bond acceptors (Lipinski definition) is 1. The highest BCUT2D eigenvalue weighted by Crippen LogP contribution is 2.26. The third kappa shape index (κ3) is 3.25. The maximum absolute atomic E-state index is 13.8. The zero-order valence-electron chi connectivity index (χ0n) is 10.0. The lowest BCUT2D eigenvalue weighted by Gasteiger charge is -2.11. The SMILES string of the molecule is Cc1ccc(Cl)cc1OCc1c(F)ccc(Br)c1F. The van der Waals surface area contributed by atoms with E-state index in [2.05, 4.69) is 15.9 Å². The standard InChI is InChI=1S/C14H10BrClF2O/c1-8-2-3-9(16)6-13(8)19-7-10-12(17)5-4-11(15)14(10)18/h2-6H,7H2,1H3. The van der Waals surface area contributed by atoms with Crippen LogP contribution in [0.15, 0.2) is 34.8 Å². The zero-order valence-corrected chi connectivity index (χ0v) is 12.4. The minimum Gasteiger partial charge on any atom is -0.488 e. The van der Waals surface area contributed by atoms with Crippen LogP contribution in [0.4, 0.5) is 8.78 Å². The van der Waals surface area contributed by atoms with E-state index < -0.39 is 11.6 Å². The molecule has 0 saturated heterocycles. The van der Waals surface area contributed by atoms with Crippen molar-refractivity contribution in [2.24, 2.45) is 0 Å². The van der Waals surface area contributed by atoms with Gasteiger partial charge >= 0.3 is 0 Å². The fourth-order valence-electron chi connectivity index (χ4n) is 1.58. The highest BCUT2D eigenvalue weighted by molar-refractivity contribution is 9.10. The summed E-state index contributed by atoms with van der Waals surface area (Å²) in [5.74, 6) is -0.786. The zero-order chi connectivity index (χ0) is 14.0. The van der Waals surface area contributed by atoms with Gasteiger partial charge in [0.05, 0.1) is 10.0 Å². The number of benzene rings is 2. The number of rotatable bonds is 3. The minimum atomic E-state index is -0.653. The Bertz CT molecular complexity index is 617. The van der Waals surface area contributed by atoms with Crippen LogP contribution in [0.25, 0.3) is 0 Å². The van der Waals surface area contributed by atoms with Crippen LogP contribution in [0.1, 0.15) is 11.1 Å². The van der Waals surface area contributed by atoms with Crippen molar-refractivity contribution in [2.45, 2.75) is 13.5 Å². The van der Waals surface area contributed by atoms with Crippen molar-refractivity contribution in [3.63, 3.8) is 0 Å². The number of hydrogen-bond donors (Lipinski definition) is 0. The van der Waals surface area contributed by atoms with Crippen molar-refractivity contribution in [1.29, 1.82) is 0 Å². The summed E-state index contributed by atoms with van der Waals surface area (Å²) in [6.45, 7) is 1.64. The molecule has 19 heavy (non-hydrogen) atoms. The minimum absolute atomic E-state index is 0.117. The molecule has 0 saturated carbocycles. The fourth-order valence-corrected chi connectivity index (χ4v) is 2.11. The molecule has 0 fully saturated rings. The first-order valence-corrected chi connectivity index (χ1v) is 6.67. The van der Waals surface area contributed by atoms with Crippen molar-refractivity contribution < 1.29 is 13.5 Å². The Morgan fingerprint density at radius 2 is 1.95 bits per heavy atom.